The van der Waals surface area contributed by atoms with Crippen molar-refractivity contribution in [2.45, 2.75) is 45.1 Å². The van der Waals surface area contributed by atoms with Crippen LogP contribution < -0.4 is 5.32 Å². The molecule has 0 bridgehead atoms. The van der Waals surface area contributed by atoms with Gasteiger partial charge in [0.05, 0.1) is 0 Å². The van der Waals surface area contributed by atoms with Crippen molar-refractivity contribution < 1.29 is 4.39 Å². The molecule has 0 radical (unpaired) electrons. The Kier molecular flexibility index (Phi) is 2.47. The molecule has 16 heavy (non-hydrogen) atoms. The highest BCUT2D eigenvalue weighted by Crippen LogP contribution is 2.36. The molecule has 2 heteroatoms. The molecule has 86 valence electrons. The second kappa shape index (κ2) is 3.85. The summed E-state index contributed by atoms with van der Waals surface area (Å²) in [4.78, 5) is 0. The molecule has 0 spiro atoms. The van der Waals surface area contributed by atoms with Crippen molar-refractivity contribution in [3.63, 3.8) is 0 Å². The smallest absolute Gasteiger partial charge is 0.126 e. The van der Waals surface area contributed by atoms with Gasteiger partial charge < -0.3 is 5.32 Å². The topological polar surface area (TPSA) is 12.0 Å². The average molecular weight is 219 g/mol. The highest BCUT2D eigenvalue weighted by molar-refractivity contribution is 5.46. The summed E-state index contributed by atoms with van der Waals surface area (Å²) in [6.45, 7) is 3.01. The number of aryl methyl sites for hydroxylation is 1. The van der Waals surface area contributed by atoms with Gasteiger partial charge in [-0.15, -0.1) is 0 Å². The van der Waals surface area contributed by atoms with Crippen molar-refractivity contribution in [3.05, 3.63) is 34.1 Å². The van der Waals surface area contributed by atoms with E-state index in [1.54, 1.807) is 6.07 Å². The molecule has 1 saturated heterocycles. The van der Waals surface area contributed by atoms with Crippen LogP contribution in [0.5, 0.6) is 0 Å². The van der Waals surface area contributed by atoms with Gasteiger partial charge >= 0.3 is 0 Å². The van der Waals surface area contributed by atoms with E-state index in [0.717, 1.165) is 31.4 Å². The Bertz CT molecular complexity index is 419. The lowest BCUT2D eigenvalue weighted by molar-refractivity contribution is 0.590. The van der Waals surface area contributed by atoms with Crippen LogP contribution in [0.3, 0.4) is 0 Å². The zero-order valence-electron chi connectivity index (χ0n) is 9.78. The number of fused-ring (bicyclic) bond motifs is 1. The largest absolute Gasteiger partial charge is 0.310 e. The fraction of sp³-hybridized carbons (Fsp3) is 0.571. The van der Waals surface area contributed by atoms with Gasteiger partial charge in [-0.05, 0) is 73.9 Å². The molecule has 1 heterocycles. The van der Waals surface area contributed by atoms with E-state index < -0.39 is 0 Å². The first-order valence-electron chi connectivity index (χ1n) is 6.31. The second-order valence-electron chi connectivity index (χ2n) is 5.04. The monoisotopic (exact) mass is 219 g/mol. The van der Waals surface area contributed by atoms with Gasteiger partial charge in [-0.2, -0.15) is 0 Å². The van der Waals surface area contributed by atoms with Crippen LogP contribution in [0.25, 0.3) is 0 Å². The van der Waals surface area contributed by atoms with E-state index in [9.17, 15) is 4.39 Å². The van der Waals surface area contributed by atoms with Crippen molar-refractivity contribution >= 4 is 0 Å². The summed E-state index contributed by atoms with van der Waals surface area (Å²) in [6, 6.07) is 2.17. The van der Waals surface area contributed by atoms with E-state index in [1.165, 1.54) is 29.5 Å². The van der Waals surface area contributed by atoms with Crippen molar-refractivity contribution in [2.75, 3.05) is 6.54 Å². The van der Waals surface area contributed by atoms with Crippen LogP contribution in [0.2, 0.25) is 0 Å². The third-order valence-electron chi connectivity index (χ3n) is 4.06. The van der Waals surface area contributed by atoms with Gasteiger partial charge in [0.25, 0.3) is 0 Å². The van der Waals surface area contributed by atoms with E-state index in [4.69, 9.17) is 0 Å². The second-order valence-corrected chi connectivity index (χ2v) is 5.04. The molecule has 1 aliphatic heterocycles. The standard InChI is InChI=1S/C14H18FN/c1-9-12(15)8-10-4-2-5-11(10)14(9)13-6-3-7-16-13/h8,13,16H,2-7H2,1H3/t13-/m1/s1. The zero-order valence-corrected chi connectivity index (χ0v) is 9.78. The summed E-state index contributed by atoms with van der Waals surface area (Å²) in [7, 11) is 0. The molecular weight excluding hydrogens is 201 g/mol. The van der Waals surface area contributed by atoms with Gasteiger partial charge in [-0.25, -0.2) is 4.39 Å². The minimum atomic E-state index is -0.00986. The zero-order chi connectivity index (χ0) is 11.1. The normalized spacial score (nSPS) is 23.8. The van der Waals surface area contributed by atoms with E-state index in [-0.39, 0.29) is 5.82 Å². The van der Waals surface area contributed by atoms with Crippen LogP contribution in [0.15, 0.2) is 6.07 Å². The molecule has 1 aromatic carbocycles. The number of nitrogens with one attached hydrogen (secondary N) is 1. The highest BCUT2D eigenvalue weighted by Gasteiger charge is 2.26. The Morgan fingerprint density at radius 3 is 2.94 bits per heavy atom. The van der Waals surface area contributed by atoms with Gasteiger partial charge in [0.1, 0.15) is 5.82 Å². The average Bonchev–Trinajstić information content (AvgIpc) is 2.89. The van der Waals surface area contributed by atoms with E-state index in [0.29, 0.717) is 6.04 Å². The quantitative estimate of drug-likeness (QED) is 0.765. The van der Waals surface area contributed by atoms with Gasteiger partial charge in [0.15, 0.2) is 0 Å². The number of rotatable bonds is 1. The lowest BCUT2D eigenvalue weighted by Gasteiger charge is -2.19. The maximum Gasteiger partial charge on any atom is 0.126 e. The fourth-order valence-electron chi connectivity index (χ4n) is 3.25. The molecule has 1 N–H and O–H groups in total. The molecular formula is C14H18FN. The Balaban J connectivity index is 2.14. The molecule has 1 fully saturated rings. The fourth-order valence-corrected chi connectivity index (χ4v) is 3.25. The minimum Gasteiger partial charge on any atom is -0.310 e. The van der Waals surface area contributed by atoms with Crippen LogP contribution in [-0.4, -0.2) is 6.54 Å². The maximum atomic E-state index is 13.9. The summed E-state index contributed by atoms with van der Waals surface area (Å²) in [5.74, 6) is -0.00986. The van der Waals surface area contributed by atoms with E-state index in [2.05, 4.69) is 5.32 Å². The summed E-state index contributed by atoms with van der Waals surface area (Å²) >= 11 is 0. The predicted molar refractivity (Wildman–Crippen MR) is 63.1 cm³/mol. The Hall–Kier alpha value is -0.890. The van der Waals surface area contributed by atoms with Gasteiger partial charge in [-0.1, -0.05) is 0 Å². The Labute approximate surface area is 96.1 Å². The Morgan fingerprint density at radius 2 is 2.19 bits per heavy atom. The van der Waals surface area contributed by atoms with Crippen LogP contribution in [0.1, 0.15) is 47.6 Å². The highest BCUT2D eigenvalue weighted by atomic mass is 19.1. The van der Waals surface area contributed by atoms with Gasteiger partial charge in [-0.3, -0.25) is 0 Å². The van der Waals surface area contributed by atoms with Gasteiger partial charge in [0.2, 0.25) is 0 Å². The van der Waals surface area contributed by atoms with Crippen molar-refractivity contribution in [1.82, 2.24) is 5.32 Å². The molecule has 0 unspecified atom stereocenters. The number of halogens is 1. The first-order chi connectivity index (χ1) is 7.77. The third kappa shape index (κ3) is 1.47. The first-order valence-corrected chi connectivity index (χ1v) is 6.31. The third-order valence-corrected chi connectivity index (χ3v) is 4.06. The molecule has 0 amide bonds. The van der Waals surface area contributed by atoms with Crippen molar-refractivity contribution in [1.29, 1.82) is 0 Å². The molecule has 1 atom stereocenters. The molecule has 1 aromatic rings. The first kappa shape index (κ1) is 10.3. The summed E-state index contributed by atoms with van der Waals surface area (Å²) in [6.07, 6.45) is 5.78. The summed E-state index contributed by atoms with van der Waals surface area (Å²) < 4.78 is 13.9. The molecule has 1 nitrogen and oxygen atoms in total. The van der Waals surface area contributed by atoms with Crippen molar-refractivity contribution in [2.24, 2.45) is 0 Å². The molecule has 2 aliphatic rings. The van der Waals surface area contributed by atoms with Crippen LogP contribution in [-0.2, 0) is 12.8 Å². The van der Waals surface area contributed by atoms with E-state index in [1.807, 2.05) is 6.92 Å². The summed E-state index contributed by atoms with van der Waals surface area (Å²) in [5.41, 5.74) is 4.86. The number of benzene rings is 1. The van der Waals surface area contributed by atoms with Gasteiger partial charge in [0, 0.05) is 6.04 Å². The Morgan fingerprint density at radius 1 is 1.31 bits per heavy atom. The lowest BCUT2D eigenvalue weighted by atomic mass is 9.91. The van der Waals surface area contributed by atoms with E-state index >= 15 is 0 Å². The van der Waals surface area contributed by atoms with Crippen molar-refractivity contribution in [3.8, 4) is 0 Å². The molecule has 1 aliphatic carbocycles. The minimum absolute atomic E-state index is 0.00986. The van der Waals surface area contributed by atoms with Crippen LogP contribution in [0.4, 0.5) is 4.39 Å². The number of hydrogen-bond acceptors (Lipinski definition) is 1. The van der Waals surface area contributed by atoms with Crippen LogP contribution >= 0.6 is 0 Å². The molecule has 3 rings (SSSR count). The van der Waals surface area contributed by atoms with Crippen LogP contribution in [0, 0.1) is 12.7 Å². The number of hydrogen-bond donors (Lipinski definition) is 1. The molecule has 0 aromatic heterocycles. The molecule has 0 saturated carbocycles. The lowest BCUT2D eigenvalue weighted by Crippen LogP contribution is -2.17. The maximum absolute atomic E-state index is 13.9. The SMILES string of the molecule is Cc1c(F)cc2c(c1[C@H]1CCCN1)CCC2. The summed E-state index contributed by atoms with van der Waals surface area (Å²) in [5, 5.41) is 3.50. The predicted octanol–water partition coefficient (Wildman–Crippen LogP) is 3.05.